The lowest BCUT2D eigenvalue weighted by Gasteiger charge is -2.06. The summed E-state index contributed by atoms with van der Waals surface area (Å²) in [5.41, 5.74) is 4.53. The minimum absolute atomic E-state index is 0.0186. The third-order valence-electron chi connectivity index (χ3n) is 1.98. The average Bonchev–Trinajstić information content (AvgIpc) is 2.25. The van der Waals surface area contributed by atoms with Gasteiger partial charge in [-0.1, -0.05) is 18.2 Å². The van der Waals surface area contributed by atoms with Gasteiger partial charge in [-0.15, -0.1) is 0 Å². The molecule has 0 unspecified atom stereocenters. The molecule has 1 rings (SSSR count). The van der Waals surface area contributed by atoms with Crippen LogP contribution in [0, 0.1) is 0 Å². The highest BCUT2D eigenvalue weighted by Crippen LogP contribution is 2.19. The van der Waals surface area contributed by atoms with Crippen molar-refractivity contribution in [2.45, 2.75) is 0 Å². The molecular weight excluding hydrogens is 226 g/mol. The van der Waals surface area contributed by atoms with E-state index < -0.39 is 23.4 Å². The summed E-state index contributed by atoms with van der Waals surface area (Å²) in [6.07, 6.45) is 0.518. The van der Waals surface area contributed by atoms with Crippen molar-refractivity contribution in [2.24, 2.45) is 5.73 Å². The lowest BCUT2D eigenvalue weighted by Crippen LogP contribution is -2.15. The summed E-state index contributed by atoms with van der Waals surface area (Å²) in [5, 5.41) is 17.5. The Balaban J connectivity index is 3.44. The number of carbonyl (C=O) groups is 3. The molecule has 6 nitrogen and oxygen atoms in total. The Hall–Kier alpha value is -2.63. The van der Waals surface area contributed by atoms with Gasteiger partial charge in [0.2, 0.25) is 5.91 Å². The Morgan fingerprint density at radius 3 is 2.00 bits per heavy atom. The first-order valence-electron chi connectivity index (χ1n) is 4.50. The van der Waals surface area contributed by atoms with Gasteiger partial charge in [-0.05, 0) is 6.07 Å². The van der Waals surface area contributed by atoms with Gasteiger partial charge >= 0.3 is 11.9 Å². The van der Waals surface area contributed by atoms with E-state index in [1.54, 1.807) is 0 Å². The van der Waals surface area contributed by atoms with Gasteiger partial charge in [0.1, 0.15) is 0 Å². The summed E-state index contributed by atoms with van der Waals surface area (Å²) in [6.45, 7) is 0. The van der Waals surface area contributed by atoms with Crippen molar-refractivity contribution in [3.05, 3.63) is 41.5 Å². The van der Waals surface area contributed by atoms with E-state index in [4.69, 9.17) is 15.9 Å². The predicted octanol–water partition coefficient (Wildman–Crippen LogP) is 0.338. The second-order valence-corrected chi connectivity index (χ2v) is 3.11. The smallest absolute Gasteiger partial charge is 0.336 e. The maximum Gasteiger partial charge on any atom is 0.336 e. The summed E-state index contributed by atoms with van der Waals surface area (Å²) in [4.78, 5) is 32.5. The molecule has 88 valence electrons. The molecule has 0 aliphatic heterocycles. The molecule has 0 aromatic heterocycles. The van der Waals surface area contributed by atoms with Gasteiger partial charge in [0.25, 0.3) is 0 Å². The number of primary amides is 1. The lowest BCUT2D eigenvalue weighted by molar-refractivity contribution is -0.133. The number of hydrogen-bond acceptors (Lipinski definition) is 3. The monoisotopic (exact) mass is 235 g/mol. The number of aliphatic carboxylic acids is 2. The minimum Gasteiger partial charge on any atom is -0.478 e. The van der Waals surface area contributed by atoms with Crippen molar-refractivity contribution in [3.8, 4) is 0 Å². The van der Waals surface area contributed by atoms with Gasteiger partial charge in [0.05, 0.1) is 5.57 Å². The molecule has 0 fully saturated rings. The number of hydrogen-bond donors (Lipinski definition) is 3. The number of rotatable bonds is 4. The van der Waals surface area contributed by atoms with Crippen molar-refractivity contribution in [3.63, 3.8) is 0 Å². The van der Waals surface area contributed by atoms with Crippen LogP contribution in [0.2, 0.25) is 0 Å². The fraction of sp³-hybridized carbons (Fsp3) is 0. The Labute approximate surface area is 96.0 Å². The van der Waals surface area contributed by atoms with Crippen molar-refractivity contribution >= 4 is 23.4 Å². The van der Waals surface area contributed by atoms with E-state index in [1.165, 1.54) is 24.3 Å². The fourth-order valence-electron chi connectivity index (χ4n) is 1.31. The van der Waals surface area contributed by atoms with Crippen LogP contribution in [0.25, 0.3) is 5.57 Å². The Bertz CT molecular complexity index is 518. The zero-order chi connectivity index (χ0) is 13.0. The summed E-state index contributed by atoms with van der Waals surface area (Å²) >= 11 is 0. The summed E-state index contributed by atoms with van der Waals surface area (Å²) < 4.78 is 0. The van der Waals surface area contributed by atoms with Crippen LogP contribution in [0.5, 0.6) is 0 Å². The number of carboxylic acids is 2. The Morgan fingerprint density at radius 2 is 1.59 bits per heavy atom. The number of benzene rings is 1. The highest BCUT2D eigenvalue weighted by molar-refractivity contribution is 6.21. The van der Waals surface area contributed by atoms with Crippen LogP contribution in [0.15, 0.2) is 30.3 Å². The van der Waals surface area contributed by atoms with Gasteiger partial charge in [-0.25, -0.2) is 9.59 Å². The Morgan fingerprint density at radius 1 is 1.06 bits per heavy atom. The molecule has 0 saturated heterocycles. The van der Waals surface area contributed by atoms with E-state index in [0.29, 0.717) is 6.08 Å². The van der Waals surface area contributed by atoms with Crippen LogP contribution in [-0.4, -0.2) is 28.1 Å². The first-order chi connectivity index (χ1) is 7.93. The van der Waals surface area contributed by atoms with E-state index in [1.807, 2.05) is 0 Å². The number of carboxylic acid groups (broad SMARTS) is 2. The molecule has 0 heterocycles. The van der Waals surface area contributed by atoms with Crippen LogP contribution >= 0.6 is 0 Å². The van der Waals surface area contributed by atoms with Crippen LogP contribution < -0.4 is 5.73 Å². The number of nitrogens with two attached hydrogens (primary N) is 1. The van der Waals surface area contributed by atoms with E-state index >= 15 is 0 Å². The van der Waals surface area contributed by atoms with Crippen LogP contribution in [0.3, 0.4) is 0 Å². The molecule has 17 heavy (non-hydrogen) atoms. The zero-order valence-corrected chi connectivity index (χ0v) is 8.58. The molecule has 0 spiro atoms. The fourth-order valence-corrected chi connectivity index (χ4v) is 1.31. The third-order valence-corrected chi connectivity index (χ3v) is 1.98. The molecule has 1 amide bonds. The van der Waals surface area contributed by atoms with Crippen LogP contribution in [-0.2, 0) is 9.59 Å². The highest BCUT2D eigenvalue weighted by Gasteiger charge is 2.17. The molecule has 0 aliphatic rings. The molecular formula is C11H9NO5. The van der Waals surface area contributed by atoms with E-state index in [2.05, 4.69) is 0 Å². The standard InChI is InChI=1S/C11H9NO5/c12-10(15)7-4-2-1-3-6(7)8(11(16)17)5-9(13)14/h1-5H,(H2,12,15)(H,13,14)(H,16,17)/b8-5-. The SMILES string of the molecule is NC(=O)c1ccccc1/C(=C/C(=O)O)C(=O)O. The van der Waals surface area contributed by atoms with E-state index in [9.17, 15) is 14.4 Å². The van der Waals surface area contributed by atoms with Crippen LogP contribution in [0.1, 0.15) is 15.9 Å². The maximum absolute atomic E-state index is 11.1. The van der Waals surface area contributed by atoms with Gasteiger partial charge in [-0.3, -0.25) is 4.79 Å². The largest absolute Gasteiger partial charge is 0.478 e. The molecule has 0 aliphatic carbocycles. The normalized spacial score (nSPS) is 10.9. The van der Waals surface area contributed by atoms with Crippen molar-refractivity contribution < 1.29 is 24.6 Å². The molecule has 0 radical (unpaired) electrons. The predicted molar refractivity (Wildman–Crippen MR) is 58.2 cm³/mol. The molecule has 0 saturated carbocycles. The summed E-state index contributed by atoms with van der Waals surface area (Å²) in [5.74, 6) is -3.68. The molecule has 0 bridgehead atoms. The van der Waals surface area contributed by atoms with Gasteiger partial charge < -0.3 is 15.9 Å². The van der Waals surface area contributed by atoms with E-state index in [0.717, 1.165) is 0 Å². The first kappa shape index (κ1) is 12.4. The van der Waals surface area contributed by atoms with Gasteiger partial charge in [0.15, 0.2) is 0 Å². The highest BCUT2D eigenvalue weighted by atomic mass is 16.4. The molecule has 1 aromatic carbocycles. The quantitative estimate of drug-likeness (QED) is 0.650. The summed E-state index contributed by atoms with van der Waals surface area (Å²) in [6, 6.07) is 5.64. The second kappa shape index (κ2) is 4.93. The lowest BCUT2D eigenvalue weighted by atomic mass is 9.99. The number of carbonyl (C=O) groups excluding carboxylic acids is 1. The van der Waals surface area contributed by atoms with Gasteiger partial charge in [-0.2, -0.15) is 0 Å². The zero-order valence-electron chi connectivity index (χ0n) is 8.58. The third kappa shape index (κ3) is 2.91. The molecule has 0 atom stereocenters. The molecule has 6 heteroatoms. The van der Waals surface area contributed by atoms with Gasteiger partial charge in [0, 0.05) is 17.2 Å². The molecule has 4 N–H and O–H groups in total. The van der Waals surface area contributed by atoms with Crippen molar-refractivity contribution in [1.82, 2.24) is 0 Å². The van der Waals surface area contributed by atoms with Crippen molar-refractivity contribution in [1.29, 1.82) is 0 Å². The average molecular weight is 235 g/mol. The number of amides is 1. The maximum atomic E-state index is 11.1. The topological polar surface area (TPSA) is 118 Å². The minimum atomic E-state index is -1.44. The Kier molecular flexibility index (Phi) is 3.61. The summed E-state index contributed by atoms with van der Waals surface area (Å²) in [7, 11) is 0. The van der Waals surface area contributed by atoms with Crippen LogP contribution in [0.4, 0.5) is 0 Å². The second-order valence-electron chi connectivity index (χ2n) is 3.11. The molecule has 1 aromatic rings. The first-order valence-corrected chi connectivity index (χ1v) is 4.50. The van der Waals surface area contributed by atoms with Crippen molar-refractivity contribution in [2.75, 3.05) is 0 Å². The van der Waals surface area contributed by atoms with E-state index in [-0.39, 0.29) is 11.1 Å².